The van der Waals surface area contributed by atoms with E-state index in [9.17, 15) is 12.8 Å². The Kier molecular flexibility index (Phi) is 7.19. The van der Waals surface area contributed by atoms with Crippen molar-refractivity contribution in [2.75, 3.05) is 11.6 Å². The number of benzene rings is 3. The summed E-state index contributed by atoms with van der Waals surface area (Å²) in [6.45, 7) is -0.125. The van der Waals surface area contributed by atoms with E-state index in [1.807, 2.05) is 12.1 Å². The molecule has 0 aromatic heterocycles. The van der Waals surface area contributed by atoms with Crippen LogP contribution in [0.25, 0.3) is 0 Å². The molecule has 4 rings (SSSR count). The lowest BCUT2D eigenvalue weighted by molar-refractivity contribution is 0.560. The zero-order chi connectivity index (χ0) is 23.8. The van der Waals surface area contributed by atoms with Gasteiger partial charge >= 0.3 is 0 Å². The first-order valence-electron chi connectivity index (χ1n) is 9.65. The SMILES string of the molecule is O=S(=O)(NCC1=NN(c2ccc(Cl)cc2Cl)C(c2ccc(Cl)cc2)C1)c1cccc(Cl)c1F. The molecule has 0 aliphatic carbocycles. The van der Waals surface area contributed by atoms with E-state index in [-0.39, 0.29) is 17.6 Å². The molecule has 5 nitrogen and oxygen atoms in total. The summed E-state index contributed by atoms with van der Waals surface area (Å²) in [5.74, 6) is -1.01. The molecule has 11 heteroatoms. The molecule has 1 heterocycles. The van der Waals surface area contributed by atoms with Crippen LogP contribution in [0.4, 0.5) is 10.1 Å². The van der Waals surface area contributed by atoms with Crippen LogP contribution in [0.2, 0.25) is 20.1 Å². The van der Waals surface area contributed by atoms with Gasteiger partial charge in [-0.25, -0.2) is 17.5 Å². The Morgan fingerprint density at radius 1 is 0.970 bits per heavy atom. The molecule has 1 unspecified atom stereocenters. The molecule has 0 spiro atoms. The molecule has 0 fully saturated rings. The molecular weight excluding hydrogens is 531 g/mol. The van der Waals surface area contributed by atoms with Gasteiger partial charge in [0.05, 0.1) is 34.0 Å². The predicted molar refractivity (Wildman–Crippen MR) is 132 cm³/mol. The van der Waals surface area contributed by atoms with Crippen molar-refractivity contribution in [2.45, 2.75) is 17.4 Å². The lowest BCUT2D eigenvalue weighted by Crippen LogP contribution is -2.30. The molecule has 0 saturated heterocycles. The fourth-order valence-corrected chi connectivity index (χ4v) is 5.43. The molecule has 1 N–H and O–H groups in total. The quantitative estimate of drug-likeness (QED) is 0.373. The van der Waals surface area contributed by atoms with Crippen LogP contribution >= 0.6 is 46.4 Å². The number of halogens is 5. The van der Waals surface area contributed by atoms with Crippen molar-refractivity contribution in [3.8, 4) is 0 Å². The number of hydrogen-bond acceptors (Lipinski definition) is 4. The van der Waals surface area contributed by atoms with Crippen LogP contribution in [-0.2, 0) is 10.0 Å². The Hall–Kier alpha value is -1.87. The van der Waals surface area contributed by atoms with E-state index < -0.39 is 20.7 Å². The average Bonchev–Trinajstić information content (AvgIpc) is 3.19. The highest BCUT2D eigenvalue weighted by atomic mass is 35.5. The number of nitrogens with zero attached hydrogens (tertiary/aromatic N) is 2. The Bertz CT molecular complexity index is 1330. The molecular formula is C22H16Cl4FN3O2S. The normalized spacial score (nSPS) is 16.2. The summed E-state index contributed by atoms with van der Waals surface area (Å²) in [7, 11) is -4.15. The number of hydrazone groups is 1. The molecule has 3 aromatic rings. The van der Waals surface area contributed by atoms with Crippen molar-refractivity contribution in [2.24, 2.45) is 5.10 Å². The highest BCUT2D eigenvalue weighted by Crippen LogP contribution is 2.39. The minimum Gasteiger partial charge on any atom is -0.256 e. The summed E-state index contributed by atoms with van der Waals surface area (Å²) in [6, 6.07) is 15.8. The van der Waals surface area contributed by atoms with Gasteiger partial charge in [-0.15, -0.1) is 0 Å². The van der Waals surface area contributed by atoms with E-state index in [4.69, 9.17) is 46.4 Å². The summed E-state index contributed by atoms with van der Waals surface area (Å²) in [5.41, 5.74) is 2.06. The molecule has 1 aliphatic rings. The summed E-state index contributed by atoms with van der Waals surface area (Å²) in [4.78, 5) is -0.527. The zero-order valence-electron chi connectivity index (χ0n) is 16.8. The van der Waals surface area contributed by atoms with Crippen LogP contribution in [0, 0.1) is 5.82 Å². The second-order valence-corrected chi connectivity index (χ2v) is 10.7. The largest absolute Gasteiger partial charge is 0.256 e. The van der Waals surface area contributed by atoms with Gasteiger partial charge in [0, 0.05) is 16.5 Å². The lowest BCUT2D eigenvalue weighted by Gasteiger charge is -2.25. The van der Waals surface area contributed by atoms with Crippen molar-refractivity contribution in [3.05, 3.63) is 92.1 Å². The van der Waals surface area contributed by atoms with Crippen LogP contribution in [0.15, 0.2) is 70.7 Å². The molecule has 3 aromatic carbocycles. The van der Waals surface area contributed by atoms with Crippen LogP contribution in [0.1, 0.15) is 18.0 Å². The number of rotatable bonds is 6. The summed E-state index contributed by atoms with van der Waals surface area (Å²) < 4.78 is 42.0. The third kappa shape index (κ3) is 5.29. The van der Waals surface area contributed by atoms with Gasteiger partial charge in [0.2, 0.25) is 10.0 Å². The van der Waals surface area contributed by atoms with Crippen LogP contribution in [0.3, 0.4) is 0 Å². The fourth-order valence-electron chi connectivity index (χ4n) is 3.46. The van der Waals surface area contributed by atoms with Crippen molar-refractivity contribution >= 4 is 67.8 Å². The van der Waals surface area contributed by atoms with Gasteiger partial charge in [-0.1, -0.05) is 64.6 Å². The maximum Gasteiger partial charge on any atom is 0.243 e. The second kappa shape index (κ2) is 9.78. The predicted octanol–water partition coefficient (Wildman–Crippen LogP) is 6.73. The molecule has 33 heavy (non-hydrogen) atoms. The van der Waals surface area contributed by atoms with Gasteiger partial charge in [-0.2, -0.15) is 5.10 Å². The first-order chi connectivity index (χ1) is 15.7. The lowest BCUT2D eigenvalue weighted by atomic mass is 10.0. The van der Waals surface area contributed by atoms with Crippen molar-refractivity contribution in [1.82, 2.24) is 4.72 Å². The number of hydrogen-bond donors (Lipinski definition) is 1. The first-order valence-corrected chi connectivity index (χ1v) is 12.6. The molecule has 0 radical (unpaired) electrons. The second-order valence-electron chi connectivity index (χ2n) is 7.25. The van der Waals surface area contributed by atoms with Gasteiger partial charge < -0.3 is 0 Å². The van der Waals surface area contributed by atoms with Gasteiger partial charge in [-0.3, -0.25) is 5.01 Å². The highest BCUT2D eigenvalue weighted by Gasteiger charge is 2.31. The number of sulfonamides is 1. The standard InChI is InChI=1S/C22H16Cl4FN3O2S/c23-14-6-4-13(5-7-14)20-11-16(29-30(20)19-9-8-15(24)10-18(19)26)12-28-33(31,32)21-3-1-2-17(25)22(21)27/h1-10,20,28H,11-12H2. The topological polar surface area (TPSA) is 61.8 Å². The molecule has 1 aliphatic heterocycles. The van der Waals surface area contributed by atoms with Gasteiger partial charge in [0.1, 0.15) is 4.90 Å². The maximum atomic E-state index is 14.2. The fraction of sp³-hybridized carbons (Fsp3) is 0.136. The van der Waals surface area contributed by atoms with Crippen LogP contribution in [0.5, 0.6) is 0 Å². The molecule has 0 bridgehead atoms. The summed E-state index contributed by atoms with van der Waals surface area (Å²) in [6.07, 6.45) is 0.404. The van der Waals surface area contributed by atoms with Crippen molar-refractivity contribution in [3.63, 3.8) is 0 Å². The average molecular weight is 547 g/mol. The Balaban J connectivity index is 1.63. The van der Waals surface area contributed by atoms with E-state index >= 15 is 0 Å². The van der Waals surface area contributed by atoms with Gasteiger partial charge in [-0.05, 0) is 48.0 Å². The smallest absolute Gasteiger partial charge is 0.243 e. The van der Waals surface area contributed by atoms with Crippen LogP contribution < -0.4 is 9.73 Å². The zero-order valence-corrected chi connectivity index (χ0v) is 20.6. The third-order valence-corrected chi connectivity index (χ3v) is 7.56. The maximum absolute atomic E-state index is 14.2. The minimum absolute atomic E-state index is 0.125. The van der Waals surface area contributed by atoms with E-state index in [2.05, 4.69) is 9.82 Å². The molecule has 0 saturated carbocycles. The van der Waals surface area contributed by atoms with Crippen molar-refractivity contribution in [1.29, 1.82) is 0 Å². The van der Waals surface area contributed by atoms with Gasteiger partial charge in [0.25, 0.3) is 0 Å². The van der Waals surface area contributed by atoms with Crippen molar-refractivity contribution < 1.29 is 12.8 Å². The van der Waals surface area contributed by atoms with E-state index in [0.717, 1.165) is 11.6 Å². The van der Waals surface area contributed by atoms with Crippen LogP contribution in [-0.4, -0.2) is 20.7 Å². The molecule has 172 valence electrons. The highest BCUT2D eigenvalue weighted by molar-refractivity contribution is 7.89. The monoisotopic (exact) mass is 545 g/mol. The number of nitrogens with one attached hydrogen (secondary N) is 1. The molecule has 0 amide bonds. The van der Waals surface area contributed by atoms with E-state index in [1.165, 1.54) is 12.1 Å². The summed E-state index contributed by atoms with van der Waals surface area (Å²) in [5, 5.41) is 7.51. The Labute approximate surface area is 210 Å². The van der Waals surface area contributed by atoms with Gasteiger partial charge in [0.15, 0.2) is 5.82 Å². The van der Waals surface area contributed by atoms with E-state index in [0.29, 0.717) is 32.9 Å². The third-order valence-electron chi connectivity index (χ3n) is 5.06. The van der Waals surface area contributed by atoms with E-state index in [1.54, 1.807) is 35.3 Å². The summed E-state index contributed by atoms with van der Waals surface area (Å²) >= 11 is 24.2. The molecule has 1 atom stereocenters. The number of anilines is 1. The Morgan fingerprint density at radius 3 is 2.36 bits per heavy atom. The first kappa shape index (κ1) is 24.3. The Morgan fingerprint density at radius 2 is 1.67 bits per heavy atom. The minimum atomic E-state index is -4.15.